The zero-order valence-electron chi connectivity index (χ0n) is 17.1. The number of hydrogen-bond acceptors (Lipinski definition) is 2. The number of ketones is 1. The predicted molar refractivity (Wildman–Crippen MR) is 118 cm³/mol. The summed E-state index contributed by atoms with van der Waals surface area (Å²) in [5.41, 5.74) is 4.85. The van der Waals surface area contributed by atoms with E-state index in [9.17, 15) is 4.79 Å². The standard InChI is InChI=1S/C27H23NO2/c1-27(2)24-22-18-12-6-8-14-20(18)28(16-17-10-4-3-5-11-17)25(22)26(29)23(24)19-13-7-9-15-21(19)30-27/h3-15,23-24H,16H2,1-2H3/t23-,24-/m0/s1. The first kappa shape index (κ1) is 17.5. The highest BCUT2D eigenvalue weighted by Gasteiger charge is 2.55. The molecule has 2 aliphatic rings. The lowest BCUT2D eigenvalue weighted by molar-refractivity contribution is 0.0485. The Hall–Kier alpha value is -3.33. The number of aromatic nitrogens is 1. The van der Waals surface area contributed by atoms with Crippen LogP contribution in [0.1, 0.15) is 52.9 Å². The van der Waals surface area contributed by atoms with Gasteiger partial charge in [0.1, 0.15) is 11.4 Å². The molecule has 0 fully saturated rings. The Labute approximate surface area is 175 Å². The van der Waals surface area contributed by atoms with Crippen LogP contribution in [0, 0.1) is 0 Å². The van der Waals surface area contributed by atoms with Crippen molar-refractivity contribution >= 4 is 16.7 Å². The van der Waals surface area contributed by atoms with Crippen molar-refractivity contribution in [1.29, 1.82) is 0 Å². The summed E-state index contributed by atoms with van der Waals surface area (Å²) in [6.45, 7) is 4.92. The molecule has 2 heterocycles. The van der Waals surface area contributed by atoms with Crippen LogP contribution in [-0.2, 0) is 6.54 Å². The maximum Gasteiger partial charge on any atom is 0.187 e. The van der Waals surface area contributed by atoms with Gasteiger partial charge in [0.05, 0.1) is 11.6 Å². The Bertz CT molecular complexity index is 1300. The highest BCUT2D eigenvalue weighted by Crippen LogP contribution is 2.58. The van der Waals surface area contributed by atoms with Crippen LogP contribution in [0.4, 0.5) is 0 Å². The van der Waals surface area contributed by atoms with Gasteiger partial charge in [0.15, 0.2) is 5.78 Å². The first-order valence-electron chi connectivity index (χ1n) is 10.5. The van der Waals surface area contributed by atoms with Crippen LogP contribution in [0.5, 0.6) is 5.75 Å². The molecule has 3 aromatic carbocycles. The first-order chi connectivity index (χ1) is 14.6. The molecule has 1 aliphatic heterocycles. The summed E-state index contributed by atoms with van der Waals surface area (Å²) in [7, 11) is 0. The van der Waals surface area contributed by atoms with E-state index in [4.69, 9.17) is 4.74 Å². The summed E-state index contributed by atoms with van der Waals surface area (Å²) in [5, 5.41) is 1.17. The van der Waals surface area contributed by atoms with Crippen LogP contribution in [0.25, 0.3) is 10.9 Å². The first-order valence-corrected chi connectivity index (χ1v) is 10.5. The zero-order valence-corrected chi connectivity index (χ0v) is 17.1. The molecule has 6 rings (SSSR count). The van der Waals surface area contributed by atoms with Crippen LogP contribution >= 0.6 is 0 Å². The lowest BCUT2D eigenvalue weighted by Crippen LogP contribution is -2.42. The van der Waals surface area contributed by atoms with Crippen LogP contribution in [0.15, 0.2) is 78.9 Å². The smallest absolute Gasteiger partial charge is 0.187 e. The summed E-state index contributed by atoms with van der Waals surface area (Å²) in [4.78, 5) is 14.0. The van der Waals surface area contributed by atoms with Gasteiger partial charge < -0.3 is 9.30 Å². The molecule has 1 aromatic heterocycles. The highest BCUT2D eigenvalue weighted by atomic mass is 16.5. The highest BCUT2D eigenvalue weighted by molar-refractivity contribution is 6.11. The van der Waals surface area contributed by atoms with E-state index < -0.39 is 5.60 Å². The van der Waals surface area contributed by atoms with Crippen LogP contribution in [0.3, 0.4) is 0 Å². The minimum atomic E-state index is -0.471. The fourth-order valence-corrected chi connectivity index (χ4v) is 5.55. The normalized spacial score (nSPS) is 21.1. The average Bonchev–Trinajstić information content (AvgIpc) is 3.23. The molecule has 1 aliphatic carbocycles. The van der Waals surface area contributed by atoms with E-state index in [2.05, 4.69) is 73.0 Å². The molecule has 0 amide bonds. The van der Waals surface area contributed by atoms with Crippen molar-refractivity contribution < 1.29 is 9.53 Å². The Morgan fingerprint density at radius 2 is 1.60 bits per heavy atom. The third-order valence-corrected chi connectivity index (χ3v) is 6.73. The summed E-state index contributed by atoms with van der Waals surface area (Å²) in [6, 6.07) is 26.8. The molecule has 0 saturated heterocycles. The van der Waals surface area contributed by atoms with Gasteiger partial charge in [-0.05, 0) is 37.1 Å². The topological polar surface area (TPSA) is 31.2 Å². The molecule has 4 aromatic rings. The number of benzene rings is 3. The lowest BCUT2D eigenvalue weighted by Gasteiger charge is -2.41. The van der Waals surface area contributed by atoms with Crippen molar-refractivity contribution in [2.45, 2.75) is 37.8 Å². The van der Waals surface area contributed by atoms with Gasteiger partial charge in [0, 0.05) is 28.9 Å². The third-order valence-electron chi connectivity index (χ3n) is 6.73. The molecule has 0 bridgehead atoms. The molecule has 30 heavy (non-hydrogen) atoms. The molecule has 0 unspecified atom stereocenters. The van der Waals surface area contributed by atoms with Crippen molar-refractivity contribution in [2.75, 3.05) is 0 Å². The summed E-state index contributed by atoms with van der Waals surface area (Å²) >= 11 is 0. The maximum atomic E-state index is 14.0. The van der Waals surface area contributed by atoms with E-state index in [-0.39, 0.29) is 17.6 Å². The van der Waals surface area contributed by atoms with E-state index in [1.165, 1.54) is 10.9 Å². The van der Waals surface area contributed by atoms with Crippen molar-refractivity contribution in [3.8, 4) is 5.75 Å². The number of hydrogen-bond donors (Lipinski definition) is 0. The van der Waals surface area contributed by atoms with E-state index in [0.29, 0.717) is 6.54 Å². The van der Waals surface area contributed by atoms with Gasteiger partial charge in [0.25, 0.3) is 0 Å². The second kappa shape index (κ2) is 6.09. The quantitative estimate of drug-likeness (QED) is 0.423. The molecule has 2 atom stereocenters. The van der Waals surface area contributed by atoms with E-state index in [1.807, 2.05) is 24.3 Å². The van der Waals surface area contributed by atoms with Gasteiger partial charge in [0.2, 0.25) is 0 Å². The average molecular weight is 393 g/mol. The molecule has 0 N–H and O–H groups in total. The maximum absolute atomic E-state index is 14.0. The van der Waals surface area contributed by atoms with E-state index in [0.717, 1.165) is 28.1 Å². The van der Waals surface area contributed by atoms with Crippen LogP contribution in [-0.4, -0.2) is 16.0 Å². The number of nitrogens with zero attached hydrogens (tertiary/aromatic N) is 1. The van der Waals surface area contributed by atoms with Gasteiger partial charge in [-0.25, -0.2) is 0 Å². The zero-order chi connectivity index (χ0) is 20.5. The number of ether oxygens (including phenoxy) is 1. The number of carbonyl (C=O) groups is 1. The predicted octanol–water partition coefficient (Wildman–Crippen LogP) is 5.92. The van der Waals surface area contributed by atoms with Gasteiger partial charge in [-0.15, -0.1) is 0 Å². The molecule has 3 heteroatoms. The van der Waals surface area contributed by atoms with Crippen LogP contribution < -0.4 is 4.74 Å². The van der Waals surface area contributed by atoms with Crippen molar-refractivity contribution in [2.24, 2.45) is 0 Å². The number of fused-ring (bicyclic) bond motifs is 7. The molecule has 3 nitrogen and oxygen atoms in total. The number of carbonyl (C=O) groups excluding carboxylic acids is 1. The molecule has 0 spiro atoms. The molecular formula is C27H23NO2. The molecule has 0 radical (unpaired) electrons. The third kappa shape index (κ3) is 2.29. The second-order valence-electron chi connectivity index (χ2n) is 8.91. The fraction of sp³-hybridized carbons (Fsp3) is 0.222. The Morgan fingerprint density at radius 3 is 2.43 bits per heavy atom. The SMILES string of the molecule is CC1(C)Oc2ccccc2[C@@H]2C(=O)c3c(c4ccccc4n3Cc3ccccc3)[C@@H]21. The van der Waals surface area contributed by atoms with Crippen molar-refractivity contribution in [3.63, 3.8) is 0 Å². The number of para-hydroxylation sites is 2. The Kier molecular flexibility index (Phi) is 3.55. The number of rotatable bonds is 2. The number of Topliss-reactive ketones (excluding diaryl/α,β-unsaturated/α-hetero) is 1. The summed E-state index contributed by atoms with van der Waals surface area (Å²) < 4.78 is 8.67. The second-order valence-corrected chi connectivity index (χ2v) is 8.91. The minimum absolute atomic E-state index is 0.00294. The van der Waals surface area contributed by atoms with Gasteiger partial charge in [-0.1, -0.05) is 66.7 Å². The van der Waals surface area contributed by atoms with Crippen molar-refractivity contribution in [1.82, 2.24) is 4.57 Å². The summed E-state index contributed by atoms with van der Waals surface area (Å²) in [6.07, 6.45) is 0. The van der Waals surface area contributed by atoms with E-state index in [1.54, 1.807) is 0 Å². The minimum Gasteiger partial charge on any atom is -0.487 e. The summed E-state index contributed by atoms with van der Waals surface area (Å²) in [5.74, 6) is 0.852. The molecular weight excluding hydrogens is 370 g/mol. The lowest BCUT2D eigenvalue weighted by atomic mass is 9.73. The van der Waals surface area contributed by atoms with Crippen LogP contribution in [0.2, 0.25) is 0 Å². The van der Waals surface area contributed by atoms with Gasteiger partial charge >= 0.3 is 0 Å². The fourth-order valence-electron chi connectivity index (χ4n) is 5.55. The van der Waals surface area contributed by atoms with Gasteiger partial charge in [-0.2, -0.15) is 0 Å². The van der Waals surface area contributed by atoms with Crippen molar-refractivity contribution in [3.05, 3.63) is 101 Å². The molecule has 148 valence electrons. The largest absolute Gasteiger partial charge is 0.487 e. The molecule has 0 saturated carbocycles. The Morgan fingerprint density at radius 1 is 0.900 bits per heavy atom. The van der Waals surface area contributed by atoms with E-state index >= 15 is 0 Å². The Balaban J connectivity index is 1.63. The monoisotopic (exact) mass is 393 g/mol. The van der Waals surface area contributed by atoms with Gasteiger partial charge in [-0.3, -0.25) is 4.79 Å².